The largest absolute Gasteiger partial charge is 0.378 e. The summed E-state index contributed by atoms with van der Waals surface area (Å²) in [7, 11) is 3.84. The molecule has 0 radical (unpaired) electrons. The zero-order chi connectivity index (χ0) is 15.6. The highest BCUT2D eigenvalue weighted by Gasteiger charge is 2.12. The molecule has 0 saturated heterocycles. The van der Waals surface area contributed by atoms with Crippen LogP contribution in [0.1, 0.15) is 44.1 Å². The first-order valence-electron chi connectivity index (χ1n) is 8.45. The van der Waals surface area contributed by atoms with E-state index in [0.29, 0.717) is 6.10 Å². The van der Waals surface area contributed by atoms with E-state index >= 15 is 0 Å². The molecule has 2 rings (SSSR count). The van der Waals surface area contributed by atoms with Crippen molar-refractivity contribution in [2.75, 3.05) is 20.2 Å². The molecule has 1 aromatic heterocycles. The molecule has 1 aliphatic carbocycles. The molecule has 1 saturated carbocycles. The van der Waals surface area contributed by atoms with Gasteiger partial charge in [-0.05, 0) is 30.9 Å². The van der Waals surface area contributed by atoms with Gasteiger partial charge in [0.25, 0.3) is 0 Å². The molecular formula is C17H30N4O. The number of hydrogen-bond acceptors (Lipinski definition) is 2. The van der Waals surface area contributed by atoms with Gasteiger partial charge in [-0.1, -0.05) is 19.3 Å². The Morgan fingerprint density at radius 1 is 1.32 bits per heavy atom. The fraction of sp³-hybridized carbons (Fsp3) is 0.706. The van der Waals surface area contributed by atoms with Gasteiger partial charge in [-0.25, -0.2) is 0 Å². The van der Waals surface area contributed by atoms with Crippen LogP contribution in [0.15, 0.2) is 23.5 Å². The van der Waals surface area contributed by atoms with E-state index < -0.39 is 0 Å². The highest BCUT2D eigenvalue weighted by Crippen LogP contribution is 2.20. The van der Waals surface area contributed by atoms with Gasteiger partial charge in [-0.2, -0.15) is 0 Å². The quantitative estimate of drug-likeness (QED) is 0.462. The molecule has 0 bridgehead atoms. The second-order valence-electron chi connectivity index (χ2n) is 6.02. The van der Waals surface area contributed by atoms with Crippen LogP contribution in [0.4, 0.5) is 0 Å². The molecule has 0 aliphatic heterocycles. The summed E-state index contributed by atoms with van der Waals surface area (Å²) in [5, 5.41) is 6.66. The molecule has 1 aliphatic rings. The maximum atomic E-state index is 5.93. The Labute approximate surface area is 134 Å². The average molecular weight is 306 g/mol. The number of aryl methyl sites for hydroxylation is 1. The van der Waals surface area contributed by atoms with E-state index in [4.69, 9.17) is 4.74 Å². The molecule has 1 fully saturated rings. The lowest BCUT2D eigenvalue weighted by molar-refractivity contribution is 0.0277. The lowest BCUT2D eigenvalue weighted by atomic mass is 9.98. The lowest BCUT2D eigenvalue weighted by Gasteiger charge is -2.22. The minimum atomic E-state index is 0.504. The van der Waals surface area contributed by atoms with Gasteiger partial charge in [0.2, 0.25) is 0 Å². The number of hydrogen-bond donors (Lipinski definition) is 2. The Bertz CT molecular complexity index is 449. The number of nitrogens with one attached hydrogen (secondary N) is 2. The molecule has 1 aromatic rings. The average Bonchev–Trinajstić information content (AvgIpc) is 2.96. The molecule has 0 amide bonds. The van der Waals surface area contributed by atoms with Crippen LogP contribution in [0.25, 0.3) is 0 Å². The van der Waals surface area contributed by atoms with Crippen molar-refractivity contribution in [1.82, 2.24) is 15.2 Å². The number of aromatic nitrogens is 1. The second-order valence-corrected chi connectivity index (χ2v) is 6.02. The summed E-state index contributed by atoms with van der Waals surface area (Å²) >= 11 is 0. The predicted molar refractivity (Wildman–Crippen MR) is 91.1 cm³/mol. The van der Waals surface area contributed by atoms with Gasteiger partial charge in [0.05, 0.1) is 6.10 Å². The normalized spacial score (nSPS) is 16.7. The van der Waals surface area contributed by atoms with Crippen LogP contribution >= 0.6 is 0 Å². The van der Waals surface area contributed by atoms with Crippen molar-refractivity contribution in [2.24, 2.45) is 12.0 Å². The Morgan fingerprint density at radius 3 is 2.82 bits per heavy atom. The monoisotopic (exact) mass is 306 g/mol. The van der Waals surface area contributed by atoms with Gasteiger partial charge in [-0.3, -0.25) is 4.99 Å². The summed E-state index contributed by atoms with van der Waals surface area (Å²) in [6.45, 7) is 2.52. The summed E-state index contributed by atoms with van der Waals surface area (Å²) in [6.07, 6.45) is 12.2. The zero-order valence-corrected chi connectivity index (χ0v) is 14.0. The van der Waals surface area contributed by atoms with Gasteiger partial charge in [-0.15, -0.1) is 0 Å². The number of nitrogens with zero attached hydrogens (tertiary/aromatic N) is 2. The zero-order valence-electron chi connectivity index (χ0n) is 14.0. The molecule has 1 heterocycles. The number of rotatable bonds is 7. The van der Waals surface area contributed by atoms with Crippen molar-refractivity contribution in [2.45, 2.75) is 51.2 Å². The molecular weight excluding hydrogens is 276 g/mol. The van der Waals surface area contributed by atoms with Crippen molar-refractivity contribution in [3.05, 3.63) is 24.0 Å². The Kier molecular flexibility index (Phi) is 7.30. The molecule has 0 unspecified atom stereocenters. The van der Waals surface area contributed by atoms with Gasteiger partial charge in [0, 0.05) is 46.2 Å². The maximum absolute atomic E-state index is 5.93. The van der Waals surface area contributed by atoms with E-state index in [1.54, 1.807) is 7.05 Å². The van der Waals surface area contributed by atoms with Gasteiger partial charge < -0.3 is 19.9 Å². The van der Waals surface area contributed by atoms with Crippen LogP contribution in [-0.4, -0.2) is 36.8 Å². The highest BCUT2D eigenvalue weighted by atomic mass is 16.5. The smallest absolute Gasteiger partial charge is 0.191 e. The summed E-state index contributed by atoms with van der Waals surface area (Å²) in [4.78, 5) is 4.24. The summed E-state index contributed by atoms with van der Waals surface area (Å²) in [5.41, 5.74) is 1.26. The topological polar surface area (TPSA) is 50.6 Å². The van der Waals surface area contributed by atoms with E-state index in [2.05, 4.69) is 38.7 Å². The molecule has 5 nitrogen and oxygen atoms in total. The fourth-order valence-corrected chi connectivity index (χ4v) is 2.83. The van der Waals surface area contributed by atoms with Crippen molar-refractivity contribution in [3.8, 4) is 0 Å². The molecule has 22 heavy (non-hydrogen) atoms. The SMILES string of the molecule is CN=C(NCCCOC1CCCCC1)NCc1ccn(C)c1. The molecule has 0 spiro atoms. The van der Waals surface area contributed by atoms with Crippen LogP contribution in [-0.2, 0) is 18.3 Å². The first kappa shape index (κ1) is 16.9. The summed E-state index contributed by atoms with van der Waals surface area (Å²) in [6, 6.07) is 2.11. The third kappa shape index (κ3) is 6.10. The van der Waals surface area contributed by atoms with Crippen LogP contribution < -0.4 is 10.6 Å². The third-order valence-electron chi connectivity index (χ3n) is 4.10. The molecule has 2 N–H and O–H groups in total. The van der Waals surface area contributed by atoms with Gasteiger partial charge in [0.1, 0.15) is 0 Å². The van der Waals surface area contributed by atoms with Crippen LogP contribution in [0.5, 0.6) is 0 Å². The molecule has 0 aromatic carbocycles. The van der Waals surface area contributed by atoms with Crippen LogP contribution in [0, 0.1) is 0 Å². The minimum absolute atomic E-state index is 0.504. The van der Waals surface area contributed by atoms with E-state index in [9.17, 15) is 0 Å². The van der Waals surface area contributed by atoms with Crippen molar-refractivity contribution < 1.29 is 4.74 Å². The Hall–Kier alpha value is -1.49. The number of aliphatic imine (C=N–C) groups is 1. The van der Waals surface area contributed by atoms with Gasteiger partial charge in [0.15, 0.2) is 5.96 Å². The van der Waals surface area contributed by atoms with Crippen LogP contribution in [0.3, 0.4) is 0 Å². The van der Waals surface area contributed by atoms with Crippen molar-refractivity contribution in [3.63, 3.8) is 0 Å². The highest BCUT2D eigenvalue weighted by molar-refractivity contribution is 5.79. The fourth-order valence-electron chi connectivity index (χ4n) is 2.83. The number of guanidine groups is 1. The first-order valence-corrected chi connectivity index (χ1v) is 8.45. The second kappa shape index (κ2) is 9.51. The number of ether oxygens (including phenoxy) is 1. The first-order chi connectivity index (χ1) is 10.8. The molecule has 124 valence electrons. The minimum Gasteiger partial charge on any atom is -0.378 e. The van der Waals surface area contributed by atoms with E-state index in [-0.39, 0.29) is 0 Å². The standard InChI is InChI=1S/C17H30N4O/c1-18-17(20-13-15-9-11-21(2)14-15)19-10-6-12-22-16-7-4-3-5-8-16/h9,11,14,16H,3-8,10,12-13H2,1-2H3,(H2,18,19,20). The van der Waals surface area contributed by atoms with Crippen molar-refractivity contribution in [1.29, 1.82) is 0 Å². The molecule has 0 atom stereocenters. The summed E-state index contributed by atoms with van der Waals surface area (Å²) in [5.74, 6) is 0.849. The lowest BCUT2D eigenvalue weighted by Crippen LogP contribution is -2.37. The Morgan fingerprint density at radius 2 is 2.14 bits per heavy atom. The van der Waals surface area contributed by atoms with E-state index in [0.717, 1.165) is 32.1 Å². The summed E-state index contributed by atoms with van der Waals surface area (Å²) < 4.78 is 7.98. The van der Waals surface area contributed by atoms with Gasteiger partial charge >= 0.3 is 0 Å². The third-order valence-corrected chi connectivity index (χ3v) is 4.10. The Balaban J connectivity index is 1.54. The van der Waals surface area contributed by atoms with E-state index in [1.807, 2.05) is 7.05 Å². The van der Waals surface area contributed by atoms with Crippen LogP contribution in [0.2, 0.25) is 0 Å². The molecule has 5 heteroatoms. The predicted octanol–water partition coefficient (Wildman–Crippen LogP) is 2.43. The maximum Gasteiger partial charge on any atom is 0.191 e. The van der Waals surface area contributed by atoms with Crippen molar-refractivity contribution >= 4 is 5.96 Å². The van der Waals surface area contributed by atoms with E-state index in [1.165, 1.54) is 37.7 Å².